The largest absolute Gasteiger partial charge is 0.483 e. The highest BCUT2D eigenvalue weighted by molar-refractivity contribution is 6.34. The zero-order valence-electron chi connectivity index (χ0n) is 9.40. The van der Waals surface area contributed by atoms with Crippen molar-refractivity contribution in [2.75, 3.05) is 6.61 Å². The number of hydrogen-bond acceptors (Lipinski definition) is 3. The number of hydrogen-bond donors (Lipinski definition) is 0. The Morgan fingerprint density at radius 1 is 1.56 bits per heavy atom. The molecule has 1 aliphatic rings. The van der Waals surface area contributed by atoms with Gasteiger partial charge in [0, 0.05) is 12.5 Å². The van der Waals surface area contributed by atoms with Crippen molar-refractivity contribution in [3.05, 3.63) is 29.8 Å². The quantitative estimate of drug-likeness (QED) is 0.526. The Hall–Kier alpha value is -1.71. The fourth-order valence-corrected chi connectivity index (χ4v) is 1.66. The summed E-state index contributed by atoms with van der Waals surface area (Å²) in [7, 11) is 2.00. The van der Waals surface area contributed by atoms with Crippen molar-refractivity contribution < 1.29 is 14.3 Å². The van der Waals surface area contributed by atoms with Crippen LogP contribution in [0.2, 0.25) is 0 Å². The second-order valence-corrected chi connectivity index (χ2v) is 3.81. The molecular formula is C12H13BO3. The Morgan fingerprint density at radius 2 is 2.38 bits per heavy atom. The van der Waals surface area contributed by atoms with Gasteiger partial charge in [0.1, 0.15) is 20.2 Å². The highest BCUT2D eigenvalue weighted by Crippen LogP contribution is 2.23. The van der Waals surface area contributed by atoms with Crippen molar-refractivity contribution in [2.45, 2.75) is 13.0 Å². The second kappa shape index (κ2) is 4.43. The van der Waals surface area contributed by atoms with Crippen LogP contribution in [0.15, 0.2) is 24.3 Å². The SMILES string of the molecule is Bc1cccc2c1OC(COC(C)=O)C=C2. The number of carbonyl (C=O) groups is 1. The average Bonchev–Trinajstić information content (AvgIpc) is 2.27. The van der Waals surface area contributed by atoms with Crippen LogP contribution >= 0.6 is 0 Å². The molecule has 0 saturated carbocycles. The molecule has 0 N–H and O–H groups in total. The molecule has 0 amide bonds. The average molecular weight is 216 g/mol. The maximum atomic E-state index is 10.7. The van der Waals surface area contributed by atoms with E-state index in [1.54, 1.807) is 0 Å². The number of ether oxygens (including phenoxy) is 2. The van der Waals surface area contributed by atoms with Crippen LogP contribution in [0.4, 0.5) is 0 Å². The summed E-state index contributed by atoms with van der Waals surface area (Å²) in [5, 5.41) is 0. The van der Waals surface area contributed by atoms with Crippen LogP contribution in [-0.2, 0) is 9.53 Å². The minimum atomic E-state index is -0.285. The molecule has 1 aromatic carbocycles. The Morgan fingerprint density at radius 3 is 3.12 bits per heavy atom. The van der Waals surface area contributed by atoms with Crippen molar-refractivity contribution >= 4 is 25.4 Å². The lowest BCUT2D eigenvalue weighted by Gasteiger charge is -2.22. The molecule has 1 unspecified atom stereocenters. The Bertz CT molecular complexity index is 440. The molecule has 16 heavy (non-hydrogen) atoms. The van der Waals surface area contributed by atoms with Gasteiger partial charge in [0.2, 0.25) is 0 Å². The van der Waals surface area contributed by atoms with E-state index in [0.29, 0.717) is 0 Å². The van der Waals surface area contributed by atoms with Gasteiger partial charge < -0.3 is 9.47 Å². The summed E-state index contributed by atoms with van der Waals surface area (Å²) in [6, 6.07) is 6.00. The molecule has 82 valence electrons. The monoisotopic (exact) mass is 216 g/mol. The van der Waals surface area contributed by atoms with Crippen LogP contribution in [-0.4, -0.2) is 26.5 Å². The minimum absolute atomic E-state index is 0.183. The maximum Gasteiger partial charge on any atom is 0.302 e. The second-order valence-electron chi connectivity index (χ2n) is 3.81. The highest BCUT2D eigenvalue weighted by Gasteiger charge is 2.16. The number of esters is 1. The predicted octanol–water partition coefficient (Wildman–Crippen LogP) is 0.282. The third-order valence-corrected chi connectivity index (χ3v) is 2.45. The first-order valence-corrected chi connectivity index (χ1v) is 5.24. The highest BCUT2D eigenvalue weighted by atomic mass is 16.6. The topological polar surface area (TPSA) is 35.5 Å². The number of benzene rings is 1. The number of para-hydroxylation sites is 1. The first-order chi connectivity index (χ1) is 7.66. The summed E-state index contributed by atoms with van der Waals surface area (Å²) in [5.74, 6) is 0.592. The van der Waals surface area contributed by atoms with Crippen LogP contribution in [0.1, 0.15) is 12.5 Å². The normalized spacial score (nSPS) is 17.4. The molecule has 0 bridgehead atoms. The smallest absolute Gasteiger partial charge is 0.302 e. The molecule has 4 heteroatoms. The fourth-order valence-electron chi connectivity index (χ4n) is 1.66. The van der Waals surface area contributed by atoms with Crippen LogP contribution in [0.5, 0.6) is 5.75 Å². The van der Waals surface area contributed by atoms with Crippen LogP contribution < -0.4 is 10.2 Å². The summed E-state index contributed by atoms with van der Waals surface area (Å²) < 4.78 is 10.7. The van der Waals surface area contributed by atoms with Gasteiger partial charge in [-0.25, -0.2) is 0 Å². The molecule has 1 heterocycles. The lowest BCUT2D eigenvalue weighted by Crippen LogP contribution is -2.27. The minimum Gasteiger partial charge on any atom is -0.483 e. The van der Waals surface area contributed by atoms with Gasteiger partial charge in [0.05, 0.1) is 0 Å². The molecule has 3 nitrogen and oxygen atoms in total. The summed E-state index contributed by atoms with van der Waals surface area (Å²) in [6.45, 7) is 1.66. The van der Waals surface area contributed by atoms with Crippen molar-refractivity contribution in [1.29, 1.82) is 0 Å². The third kappa shape index (κ3) is 2.27. The predicted molar refractivity (Wildman–Crippen MR) is 64.7 cm³/mol. The molecule has 1 aromatic rings. The summed E-state index contributed by atoms with van der Waals surface area (Å²) >= 11 is 0. The van der Waals surface area contributed by atoms with Crippen LogP contribution in [0.3, 0.4) is 0 Å². The maximum absolute atomic E-state index is 10.7. The van der Waals surface area contributed by atoms with E-state index in [1.807, 2.05) is 38.2 Å². The Labute approximate surface area is 95.5 Å². The fraction of sp³-hybridized carbons (Fsp3) is 0.250. The van der Waals surface area contributed by atoms with Gasteiger partial charge in [-0.2, -0.15) is 0 Å². The van der Waals surface area contributed by atoms with Crippen LogP contribution in [0.25, 0.3) is 6.08 Å². The van der Waals surface area contributed by atoms with Gasteiger partial charge in [-0.1, -0.05) is 24.3 Å². The van der Waals surface area contributed by atoms with Gasteiger partial charge in [0.25, 0.3) is 0 Å². The van der Waals surface area contributed by atoms with E-state index in [4.69, 9.17) is 9.47 Å². The van der Waals surface area contributed by atoms with Gasteiger partial charge >= 0.3 is 5.97 Å². The lowest BCUT2D eigenvalue weighted by molar-refractivity contribution is -0.142. The first-order valence-electron chi connectivity index (χ1n) is 5.24. The summed E-state index contributed by atoms with van der Waals surface area (Å²) in [6.07, 6.45) is 3.72. The van der Waals surface area contributed by atoms with Crippen molar-refractivity contribution in [1.82, 2.24) is 0 Å². The number of fused-ring (bicyclic) bond motifs is 1. The van der Waals surface area contributed by atoms with Gasteiger partial charge in [-0.15, -0.1) is 0 Å². The molecule has 0 radical (unpaired) electrons. The van der Waals surface area contributed by atoms with E-state index in [0.717, 1.165) is 16.8 Å². The van der Waals surface area contributed by atoms with Crippen molar-refractivity contribution in [3.8, 4) is 5.75 Å². The standard InChI is InChI=1S/C12H13BO3/c1-8(14)15-7-10-6-5-9-3-2-4-11(13)12(9)16-10/h2-6,10H,7,13H2,1H3. The molecule has 1 aliphatic heterocycles. The van der Waals surface area contributed by atoms with E-state index in [9.17, 15) is 4.79 Å². The third-order valence-electron chi connectivity index (χ3n) is 2.45. The van der Waals surface area contributed by atoms with Gasteiger partial charge in [0.15, 0.2) is 6.10 Å². The van der Waals surface area contributed by atoms with E-state index in [1.165, 1.54) is 6.92 Å². The Balaban J connectivity index is 2.11. The number of rotatable bonds is 2. The number of carbonyl (C=O) groups excluding carboxylic acids is 1. The lowest BCUT2D eigenvalue weighted by atomic mass is 9.91. The molecular weight excluding hydrogens is 203 g/mol. The van der Waals surface area contributed by atoms with E-state index < -0.39 is 0 Å². The van der Waals surface area contributed by atoms with E-state index >= 15 is 0 Å². The van der Waals surface area contributed by atoms with Gasteiger partial charge in [-0.3, -0.25) is 4.79 Å². The van der Waals surface area contributed by atoms with Crippen molar-refractivity contribution in [3.63, 3.8) is 0 Å². The molecule has 0 aromatic heterocycles. The van der Waals surface area contributed by atoms with Crippen LogP contribution in [0, 0.1) is 0 Å². The molecule has 0 aliphatic carbocycles. The first kappa shape index (κ1) is 10.8. The van der Waals surface area contributed by atoms with Crippen molar-refractivity contribution in [2.24, 2.45) is 0 Å². The summed E-state index contributed by atoms with van der Waals surface area (Å²) in [5.41, 5.74) is 2.16. The molecule has 1 atom stereocenters. The molecule has 0 spiro atoms. The molecule has 0 fully saturated rings. The molecule has 0 saturated heterocycles. The molecule has 2 rings (SSSR count). The summed E-state index contributed by atoms with van der Waals surface area (Å²) in [4.78, 5) is 10.7. The zero-order valence-corrected chi connectivity index (χ0v) is 9.40. The zero-order chi connectivity index (χ0) is 11.5. The van der Waals surface area contributed by atoms with E-state index in [-0.39, 0.29) is 18.7 Å². The Kier molecular flexibility index (Phi) is 2.99. The van der Waals surface area contributed by atoms with E-state index in [2.05, 4.69) is 0 Å². The van der Waals surface area contributed by atoms with Gasteiger partial charge in [-0.05, 0) is 11.5 Å².